The molecule has 0 bridgehead atoms. The van der Waals surface area contributed by atoms with Crippen LogP contribution in [-0.4, -0.2) is 29.9 Å². The van der Waals surface area contributed by atoms with Crippen LogP contribution in [0.3, 0.4) is 0 Å². The molecule has 0 unspecified atom stereocenters. The quantitative estimate of drug-likeness (QED) is 0.777. The minimum absolute atomic E-state index is 0.0720. The van der Waals surface area contributed by atoms with Gasteiger partial charge in [-0.3, -0.25) is 4.79 Å². The smallest absolute Gasteiger partial charge is 0.278 e. The molecule has 0 saturated heterocycles. The molecule has 7 heteroatoms. The Labute approximate surface area is 137 Å². The van der Waals surface area contributed by atoms with Crippen molar-refractivity contribution in [3.05, 3.63) is 60.1 Å². The molecule has 0 aliphatic rings. The summed E-state index contributed by atoms with van der Waals surface area (Å²) in [6, 6.07) is 7.91. The first-order chi connectivity index (χ1) is 11.5. The van der Waals surface area contributed by atoms with E-state index in [1.807, 2.05) is 19.0 Å². The normalized spacial score (nSPS) is 11.0. The first-order valence-electron chi connectivity index (χ1n) is 7.26. The van der Waals surface area contributed by atoms with Gasteiger partial charge in [0.15, 0.2) is 17.8 Å². The van der Waals surface area contributed by atoms with E-state index in [9.17, 15) is 9.18 Å². The number of hydrogen-bond donors (Lipinski definition) is 1. The van der Waals surface area contributed by atoms with Crippen LogP contribution in [-0.2, 0) is 6.54 Å². The van der Waals surface area contributed by atoms with E-state index in [2.05, 4.69) is 10.3 Å². The van der Waals surface area contributed by atoms with Crippen molar-refractivity contribution in [1.29, 1.82) is 0 Å². The van der Waals surface area contributed by atoms with Gasteiger partial charge in [0, 0.05) is 17.8 Å². The van der Waals surface area contributed by atoms with E-state index in [1.54, 1.807) is 24.3 Å². The van der Waals surface area contributed by atoms with Crippen LogP contribution in [0.1, 0.15) is 16.1 Å². The Morgan fingerprint density at radius 1 is 1.29 bits per heavy atom. The summed E-state index contributed by atoms with van der Waals surface area (Å²) >= 11 is 0. The van der Waals surface area contributed by atoms with Crippen molar-refractivity contribution < 1.29 is 18.0 Å². The molecule has 124 valence electrons. The van der Waals surface area contributed by atoms with E-state index in [-0.39, 0.29) is 17.3 Å². The van der Waals surface area contributed by atoms with Gasteiger partial charge >= 0.3 is 0 Å². The van der Waals surface area contributed by atoms with Gasteiger partial charge in [0.25, 0.3) is 5.91 Å². The van der Waals surface area contributed by atoms with Gasteiger partial charge in [-0.25, -0.2) is 9.37 Å². The summed E-state index contributed by atoms with van der Waals surface area (Å²) < 4.78 is 24.5. The van der Waals surface area contributed by atoms with Crippen LogP contribution in [0.4, 0.5) is 10.1 Å². The van der Waals surface area contributed by atoms with Crippen LogP contribution in [0.5, 0.6) is 0 Å². The summed E-state index contributed by atoms with van der Waals surface area (Å²) in [6.07, 6.45) is 2.63. The molecule has 1 amide bonds. The van der Waals surface area contributed by atoms with Crippen molar-refractivity contribution in [2.75, 3.05) is 19.4 Å². The Kier molecular flexibility index (Phi) is 4.43. The van der Waals surface area contributed by atoms with Crippen molar-refractivity contribution in [1.82, 2.24) is 9.88 Å². The summed E-state index contributed by atoms with van der Waals surface area (Å²) in [5.74, 6) is -0.268. The van der Waals surface area contributed by atoms with Crippen molar-refractivity contribution in [3.63, 3.8) is 0 Å². The predicted molar refractivity (Wildman–Crippen MR) is 85.9 cm³/mol. The molecule has 0 radical (unpaired) electrons. The maximum atomic E-state index is 14.1. The fourth-order valence-corrected chi connectivity index (χ4v) is 2.27. The molecule has 1 aromatic carbocycles. The summed E-state index contributed by atoms with van der Waals surface area (Å²) in [4.78, 5) is 18.1. The highest BCUT2D eigenvalue weighted by molar-refractivity contribution is 6.06. The zero-order chi connectivity index (χ0) is 17.1. The predicted octanol–water partition coefficient (Wildman–Crippen LogP) is 3.39. The first kappa shape index (κ1) is 15.9. The van der Waals surface area contributed by atoms with E-state index in [1.165, 1.54) is 12.3 Å². The minimum atomic E-state index is -0.505. The number of furan rings is 1. The van der Waals surface area contributed by atoms with Crippen molar-refractivity contribution in [2.24, 2.45) is 0 Å². The lowest BCUT2D eigenvalue weighted by atomic mass is 10.1. The van der Waals surface area contributed by atoms with E-state index >= 15 is 0 Å². The van der Waals surface area contributed by atoms with Gasteiger partial charge in [0.05, 0.1) is 6.26 Å². The van der Waals surface area contributed by atoms with Gasteiger partial charge < -0.3 is 19.1 Å². The van der Waals surface area contributed by atoms with E-state index in [0.717, 1.165) is 6.39 Å². The molecule has 0 aliphatic carbocycles. The monoisotopic (exact) mass is 329 g/mol. The molecule has 3 rings (SSSR count). The Hall–Kier alpha value is -2.93. The Morgan fingerprint density at radius 3 is 2.79 bits per heavy atom. The summed E-state index contributed by atoms with van der Waals surface area (Å²) in [6.45, 7) is 0.478. The number of carbonyl (C=O) groups is 1. The van der Waals surface area contributed by atoms with Gasteiger partial charge in [-0.05, 0) is 38.4 Å². The zero-order valence-corrected chi connectivity index (χ0v) is 13.2. The van der Waals surface area contributed by atoms with Crippen molar-refractivity contribution in [3.8, 4) is 11.5 Å². The maximum Gasteiger partial charge on any atom is 0.278 e. The van der Waals surface area contributed by atoms with Gasteiger partial charge in [-0.2, -0.15) is 0 Å². The Balaban J connectivity index is 1.79. The second-order valence-electron chi connectivity index (χ2n) is 5.51. The molecule has 0 fully saturated rings. The second kappa shape index (κ2) is 6.67. The van der Waals surface area contributed by atoms with E-state index < -0.39 is 5.91 Å². The first-order valence-corrected chi connectivity index (χ1v) is 7.26. The Bertz CT molecular complexity index is 841. The third kappa shape index (κ3) is 3.36. The van der Waals surface area contributed by atoms with Crippen LogP contribution in [0.2, 0.25) is 0 Å². The highest BCUT2D eigenvalue weighted by Crippen LogP contribution is 2.24. The molecule has 24 heavy (non-hydrogen) atoms. The fraction of sp³-hybridized carbons (Fsp3) is 0.176. The van der Waals surface area contributed by atoms with Crippen LogP contribution < -0.4 is 5.32 Å². The molecular weight excluding hydrogens is 313 g/mol. The van der Waals surface area contributed by atoms with Crippen LogP contribution in [0.15, 0.2) is 51.8 Å². The number of rotatable bonds is 5. The zero-order valence-electron chi connectivity index (χ0n) is 13.2. The molecule has 3 aromatic rings. The molecular formula is C17H16FN3O3. The topological polar surface area (TPSA) is 71.5 Å². The van der Waals surface area contributed by atoms with Gasteiger partial charge in [-0.1, -0.05) is 6.07 Å². The largest absolute Gasteiger partial charge is 0.461 e. The number of aromatic nitrogens is 1. The number of nitrogens with one attached hydrogen (secondary N) is 1. The van der Waals surface area contributed by atoms with E-state index in [0.29, 0.717) is 23.6 Å². The number of benzene rings is 1. The molecule has 0 atom stereocenters. The molecule has 0 spiro atoms. The Morgan fingerprint density at radius 2 is 2.12 bits per heavy atom. The molecule has 6 nitrogen and oxygen atoms in total. The molecule has 2 heterocycles. The van der Waals surface area contributed by atoms with Crippen molar-refractivity contribution in [2.45, 2.75) is 6.54 Å². The highest BCUT2D eigenvalue weighted by Gasteiger charge is 2.20. The third-order valence-corrected chi connectivity index (χ3v) is 3.32. The number of oxazole rings is 1. The number of amides is 1. The van der Waals surface area contributed by atoms with Crippen LogP contribution in [0.25, 0.3) is 11.5 Å². The molecule has 1 N–H and O–H groups in total. The van der Waals surface area contributed by atoms with Crippen LogP contribution in [0, 0.1) is 5.82 Å². The molecule has 0 saturated carbocycles. The highest BCUT2D eigenvalue weighted by atomic mass is 19.1. The average molecular weight is 329 g/mol. The maximum absolute atomic E-state index is 14.1. The molecule has 0 aliphatic heterocycles. The number of nitrogens with zero attached hydrogens (tertiary/aromatic N) is 2. The second-order valence-corrected chi connectivity index (χ2v) is 5.51. The number of carbonyl (C=O) groups excluding carboxylic acids is 1. The summed E-state index contributed by atoms with van der Waals surface area (Å²) in [5, 5.41) is 2.61. The minimum Gasteiger partial charge on any atom is -0.461 e. The fourth-order valence-electron chi connectivity index (χ4n) is 2.27. The number of anilines is 1. The van der Waals surface area contributed by atoms with Gasteiger partial charge in [-0.15, -0.1) is 0 Å². The molecule has 2 aromatic heterocycles. The summed E-state index contributed by atoms with van der Waals surface area (Å²) in [7, 11) is 3.71. The number of hydrogen-bond acceptors (Lipinski definition) is 5. The standard InChI is InChI=1S/C17H16FN3O3/c1-21(2)9-11-5-6-12(8-13(11)18)20-17(22)15-16(24-10-19-15)14-4-3-7-23-14/h3-8,10H,9H2,1-2H3,(H,20,22). The lowest BCUT2D eigenvalue weighted by Gasteiger charge is -2.11. The third-order valence-electron chi connectivity index (χ3n) is 3.32. The van der Waals surface area contributed by atoms with Gasteiger partial charge in [0.1, 0.15) is 5.82 Å². The summed E-state index contributed by atoms with van der Waals surface area (Å²) in [5.41, 5.74) is 0.965. The lowest BCUT2D eigenvalue weighted by molar-refractivity contribution is 0.102. The van der Waals surface area contributed by atoms with E-state index in [4.69, 9.17) is 8.83 Å². The van der Waals surface area contributed by atoms with Gasteiger partial charge in [0.2, 0.25) is 5.76 Å². The average Bonchev–Trinajstić information content (AvgIpc) is 3.19. The lowest BCUT2D eigenvalue weighted by Crippen LogP contribution is -2.15. The SMILES string of the molecule is CN(C)Cc1ccc(NC(=O)c2ncoc2-c2ccco2)cc1F. The van der Waals surface area contributed by atoms with Crippen LogP contribution >= 0.6 is 0 Å². The van der Waals surface area contributed by atoms with Crippen molar-refractivity contribution >= 4 is 11.6 Å². The number of halogens is 1.